The van der Waals surface area contributed by atoms with E-state index in [9.17, 15) is 4.39 Å². The molecule has 1 aromatic heterocycles. The van der Waals surface area contributed by atoms with Crippen LogP contribution in [0.2, 0.25) is 0 Å². The minimum absolute atomic E-state index is 0.242. The van der Waals surface area contributed by atoms with Crippen molar-refractivity contribution in [3.05, 3.63) is 42.3 Å². The number of anilines is 2. The van der Waals surface area contributed by atoms with Crippen molar-refractivity contribution in [2.75, 3.05) is 17.6 Å². The van der Waals surface area contributed by atoms with Crippen molar-refractivity contribution in [2.24, 2.45) is 0 Å². The van der Waals surface area contributed by atoms with Gasteiger partial charge in [-0.05, 0) is 24.3 Å². The van der Waals surface area contributed by atoms with Crippen molar-refractivity contribution in [1.29, 1.82) is 0 Å². The lowest BCUT2D eigenvalue weighted by atomic mass is 10.3. The Bertz CT molecular complexity index is 467. The average molecular weight is 220 g/mol. The van der Waals surface area contributed by atoms with Gasteiger partial charge in [0.2, 0.25) is 0 Å². The summed E-state index contributed by atoms with van der Waals surface area (Å²) in [6, 6.07) is 8.10. The Labute approximate surface area is 92.9 Å². The Morgan fingerprint density at radius 3 is 2.94 bits per heavy atom. The number of nitrogens with one attached hydrogen (secondary N) is 1. The van der Waals surface area contributed by atoms with E-state index in [-0.39, 0.29) is 5.82 Å². The predicted octanol–water partition coefficient (Wildman–Crippen LogP) is 1.72. The summed E-state index contributed by atoms with van der Waals surface area (Å²) in [6.07, 6.45) is 1.81. The van der Waals surface area contributed by atoms with Crippen LogP contribution < -0.4 is 11.1 Å². The third-order valence-electron chi connectivity index (χ3n) is 2.16. The summed E-state index contributed by atoms with van der Waals surface area (Å²) in [5, 5.41) is 7.14. The molecule has 0 aliphatic rings. The minimum Gasteiger partial charge on any atom is -0.383 e. The predicted molar refractivity (Wildman–Crippen MR) is 61.5 cm³/mol. The van der Waals surface area contributed by atoms with E-state index in [2.05, 4.69) is 10.4 Å². The maximum absolute atomic E-state index is 12.8. The van der Waals surface area contributed by atoms with Gasteiger partial charge in [0, 0.05) is 18.4 Å². The maximum atomic E-state index is 12.8. The zero-order valence-corrected chi connectivity index (χ0v) is 8.73. The Balaban J connectivity index is 1.84. The van der Waals surface area contributed by atoms with E-state index in [1.165, 1.54) is 12.1 Å². The highest BCUT2D eigenvalue weighted by molar-refractivity contribution is 5.42. The van der Waals surface area contributed by atoms with E-state index >= 15 is 0 Å². The maximum Gasteiger partial charge on any atom is 0.145 e. The molecule has 0 atom stereocenters. The summed E-state index contributed by atoms with van der Waals surface area (Å²) in [6.45, 7) is 1.36. The zero-order valence-electron chi connectivity index (χ0n) is 8.73. The van der Waals surface area contributed by atoms with Crippen LogP contribution in [0.3, 0.4) is 0 Å². The highest BCUT2D eigenvalue weighted by Gasteiger charge is 1.96. The van der Waals surface area contributed by atoms with Gasteiger partial charge in [-0.2, -0.15) is 5.10 Å². The lowest BCUT2D eigenvalue weighted by molar-refractivity contribution is 0.626. The van der Waals surface area contributed by atoms with Gasteiger partial charge in [0.1, 0.15) is 11.6 Å². The Morgan fingerprint density at radius 1 is 1.38 bits per heavy atom. The lowest BCUT2D eigenvalue weighted by Gasteiger charge is -2.06. The monoisotopic (exact) mass is 220 g/mol. The number of halogens is 1. The topological polar surface area (TPSA) is 55.9 Å². The normalized spacial score (nSPS) is 10.3. The van der Waals surface area contributed by atoms with Crippen LogP contribution in [0, 0.1) is 5.82 Å². The van der Waals surface area contributed by atoms with E-state index < -0.39 is 0 Å². The van der Waals surface area contributed by atoms with E-state index in [1.54, 1.807) is 16.8 Å². The van der Waals surface area contributed by atoms with Crippen molar-refractivity contribution in [3.8, 4) is 0 Å². The number of nitrogen functional groups attached to an aromatic ring is 1. The number of nitrogens with two attached hydrogens (primary N) is 1. The first-order chi connectivity index (χ1) is 7.74. The van der Waals surface area contributed by atoms with Gasteiger partial charge in [-0.1, -0.05) is 6.07 Å². The molecule has 0 fully saturated rings. The quantitative estimate of drug-likeness (QED) is 0.824. The fourth-order valence-electron chi connectivity index (χ4n) is 1.42. The highest BCUT2D eigenvalue weighted by Crippen LogP contribution is 2.08. The van der Waals surface area contributed by atoms with E-state index in [4.69, 9.17) is 5.73 Å². The molecule has 0 amide bonds. The number of rotatable bonds is 4. The molecule has 0 aliphatic carbocycles. The van der Waals surface area contributed by atoms with Crippen LogP contribution >= 0.6 is 0 Å². The number of aromatic nitrogens is 2. The molecule has 0 saturated carbocycles. The molecule has 5 heteroatoms. The van der Waals surface area contributed by atoms with Gasteiger partial charge in [0.25, 0.3) is 0 Å². The molecule has 1 aromatic carbocycles. The third-order valence-corrected chi connectivity index (χ3v) is 2.16. The van der Waals surface area contributed by atoms with Gasteiger partial charge in [-0.15, -0.1) is 0 Å². The Kier molecular flexibility index (Phi) is 3.05. The summed E-state index contributed by atoms with van der Waals surface area (Å²) < 4.78 is 14.6. The third kappa shape index (κ3) is 2.73. The Hall–Kier alpha value is -2.04. The largest absolute Gasteiger partial charge is 0.383 e. The second-order valence-corrected chi connectivity index (χ2v) is 3.44. The van der Waals surface area contributed by atoms with Crippen LogP contribution in [0.5, 0.6) is 0 Å². The molecule has 2 rings (SSSR count). The highest BCUT2D eigenvalue weighted by atomic mass is 19.1. The molecule has 16 heavy (non-hydrogen) atoms. The van der Waals surface area contributed by atoms with Crippen molar-refractivity contribution in [1.82, 2.24) is 9.78 Å². The summed E-state index contributed by atoms with van der Waals surface area (Å²) in [5.74, 6) is 0.263. The van der Waals surface area contributed by atoms with Crippen LogP contribution in [0.1, 0.15) is 0 Å². The molecule has 0 bridgehead atoms. The molecule has 2 aromatic rings. The molecule has 4 nitrogen and oxygen atoms in total. The zero-order chi connectivity index (χ0) is 11.4. The molecule has 0 spiro atoms. The van der Waals surface area contributed by atoms with Crippen LogP contribution in [-0.4, -0.2) is 16.3 Å². The first-order valence-corrected chi connectivity index (χ1v) is 5.02. The van der Waals surface area contributed by atoms with Crippen molar-refractivity contribution < 1.29 is 4.39 Å². The SMILES string of the molecule is Nc1ccn(CCNc2cccc(F)c2)n1. The molecular formula is C11H13FN4. The van der Waals surface area contributed by atoms with Gasteiger partial charge in [-0.3, -0.25) is 4.68 Å². The van der Waals surface area contributed by atoms with E-state index in [0.717, 1.165) is 5.69 Å². The molecule has 0 aliphatic heterocycles. The second-order valence-electron chi connectivity index (χ2n) is 3.44. The lowest BCUT2D eigenvalue weighted by Crippen LogP contribution is -2.11. The number of benzene rings is 1. The number of nitrogens with zero attached hydrogens (tertiary/aromatic N) is 2. The molecule has 3 N–H and O–H groups in total. The average Bonchev–Trinajstić information content (AvgIpc) is 2.64. The second kappa shape index (κ2) is 4.65. The summed E-state index contributed by atoms with van der Waals surface area (Å²) in [4.78, 5) is 0. The molecule has 0 saturated heterocycles. The Morgan fingerprint density at radius 2 is 2.25 bits per heavy atom. The minimum atomic E-state index is -0.242. The fraction of sp³-hybridized carbons (Fsp3) is 0.182. The van der Waals surface area contributed by atoms with Gasteiger partial charge >= 0.3 is 0 Å². The van der Waals surface area contributed by atoms with E-state index in [0.29, 0.717) is 18.9 Å². The van der Waals surface area contributed by atoms with E-state index in [1.807, 2.05) is 12.3 Å². The summed E-state index contributed by atoms with van der Waals surface area (Å²) in [7, 11) is 0. The van der Waals surface area contributed by atoms with Crippen molar-refractivity contribution in [3.63, 3.8) is 0 Å². The molecular weight excluding hydrogens is 207 g/mol. The number of hydrogen-bond donors (Lipinski definition) is 2. The first kappa shape index (κ1) is 10.5. The molecule has 0 radical (unpaired) electrons. The molecule has 84 valence electrons. The van der Waals surface area contributed by atoms with Crippen LogP contribution in [-0.2, 0) is 6.54 Å². The van der Waals surface area contributed by atoms with Gasteiger partial charge in [-0.25, -0.2) is 4.39 Å². The molecule has 1 heterocycles. The standard InChI is InChI=1S/C11H13FN4/c12-9-2-1-3-10(8-9)14-5-7-16-6-4-11(13)15-16/h1-4,6,8,14H,5,7H2,(H2,13,15). The smallest absolute Gasteiger partial charge is 0.145 e. The van der Waals surface area contributed by atoms with Crippen LogP contribution in [0.4, 0.5) is 15.9 Å². The van der Waals surface area contributed by atoms with Crippen molar-refractivity contribution in [2.45, 2.75) is 6.54 Å². The first-order valence-electron chi connectivity index (χ1n) is 5.02. The van der Waals surface area contributed by atoms with Gasteiger partial charge in [0.05, 0.1) is 6.54 Å². The summed E-state index contributed by atoms with van der Waals surface area (Å²) in [5.41, 5.74) is 6.24. The molecule has 0 unspecified atom stereocenters. The fourth-order valence-corrected chi connectivity index (χ4v) is 1.42. The van der Waals surface area contributed by atoms with Gasteiger partial charge in [0.15, 0.2) is 0 Å². The van der Waals surface area contributed by atoms with Crippen LogP contribution in [0.25, 0.3) is 0 Å². The van der Waals surface area contributed by atoms with Crippen LogP contribution in [0.15, 0.2) is 36.5 Å². The van der Waals surface area contributed by atoms with Gasteiger partial charge < -0.3 is 11.1 Å². The summed E-state index contributed by atoms with van der Waals surface area (Å²) >= 11 is 0. The van der Waals surface area contributed by atoms with Crippen molar-refractivity contribution >= 4 is 11.5 Å². The number of hydrogen-bond acceptors (Lipinski definition) is 3.